The molecule has 0 aliphatic carbocycles. The smallest absolute Gasteiger partial charge is 0.261 e. The van der Waals surface area contributed by atoms with Crippen LogP contribution >= 0.6 is 0 Å². The summed E-state index contributed by atoms with van der Waals surface area (Å²) in [4.78, 5) is 31.0. The number of carbonyl (C=O) groups excluding carboxylic acids is 2. The average molecular weight is 442 g/mol. The van der Waals surface area contributed by atoms with Gasteiger partial charge in [-0.3, -0.25) is 14.9 Å². The average Bonchev–Trinajstić information content (AvgIpc) is 3.22. The van der Waals surface area contributed by atoms with Gasteiger partial charge in [0.25, 0.3) is 11.8 Å². The molecule has 3 aromatic rings. The van der Waals surface area contributed by atoms with Gasteiger partial charge in [0.2, 0.25) is 11.9 Å². The molecule has 166 valence electrons. The molecule has 0 radical (unpaired) electrons. The first-order valence-corrected chi connectivity index (χ1v) is 9.98. The molecule has 4 rings (SSSR count). The van der Waals surface area contributed by atoms with E-state index in [2.05, 4.69) is 25.8 Å². The van der Waals surface area contributed by atoms with E-state index in [1.807, 2.05) is 4.90 Å². The number of H-pyrrole nitrogens is 1. The minimum atomic E-state index is -0.888. The van der Waals surface area contributed by atoms with E-state index in [9.17, 15) is 23.5 Å². The number of aromatic amines is 1. The Hall–Kier alpha value is -4.02. The molecule has 11 heteroatoms. The summed E-state index contributed by atoms with van der Waals surface area (Å²) in [6, 6.07) is 6.25. The van der Waals surface area contributed by atoms with E-state index in [1.165, 1.54) is 18.6 Å². The molecule has 2 aromatic carbocycles. The second-order valence-electron chi connectivity index (χ2n) is 7.33. The van der Waals surface area contributed by atoms with E-state index >= 15 is 0 Å². The molecule has 9 nitrogen and oxygen atoms in total. The van der Waals surface area contributed by atoms with Gasteiger partial charge in [-0.05, 0) is 43.5 Å². The summed E-state index contributed by atoms with van der Waals surface area (Å²) in [5.41, 5.74) is -0.143. The van der Waals surface area contributed by atoms with E-state index in [4.69, 9.17) is 0 Å². The van der Waals surface area contributed by atoms with Crippen molar-refractivity contribution in [3.8, 4) is 5.75 Å². The number of nitrogens with one attached hydrogen (secondary N) is 3. The number of phenols is 1. The normalized spacial score (nSPS) is 13.6. The Bertz CT molecular complexity index is 1140. The molecule has 0 unspecified atom stereocenters. The Labute approximate surface area is 181 Å². The van der Waals surface area contributed by atoms with Crippen LogP contribution in [-0.2, 0) is 0 Å². The summed E-state index contributed by atoms with van der Waals surface area (Å²) < 4.78 is 26.6. The fourth-order valence-corrected chi connectivity index (χ4v) is 3.41. The Balaban J connectivity index is 1.42. The van der Waals surface area contributed by atoms with Crippen LogP contribution in [0.4, 0.5) is 26.4 Å². The van der Waals surface area contributed by atoms with Crippen LogP contribution in [0.15, 0.2) is 36.4 Å². The first-order valence-electron chi connectivity index (χ1n) is 9.98. The number of halogens is 2. The molecule has 0 bridgehead atoms. The zero-order valence-corrected chi connectivity index (χ0v) is 16.9. The van der Waals surface area contributed by atoms with Crippen molar-refractivity contribution in [1.29, 1.82) is 0 Å². The fraction of sp³-hybridized carbons (Fsp3) is 0.238. The van der Waals surface area contributed by atoms with Gasteiger partial charge in [0.15, 0.2) is 0 Å². The highest BCUT2D eigenvalue weighted by Crippen LogP contribution is 2.24. The third-order valence-corrected chi connectivity index (χ3v) is 4.97. The number of rotatable bonds is 5. The molecule has 2 heterocycles. The molecule has 1 fully saturated rings. The van der Waals surface area contributed by atoms with Crippen LogP contribution in [0.1, 0.15) is 40.0 Å². The Morgan fingerprint density at radius 2 is 1.69 bits per heavy atom. The molecular weight excluding hydrogens is 422 g/mol. The number of piperidine rings is 1. The number of phenolic OH excluding ortho intramolecular Hbond substituents is 1. The lowest BCUT2D eigenvalue weighted by Crippen LogP contribution is -2.30. The van der Waals surface area contributed by atoms with Gasteiger partial charge in [-0.1, -0.05) is 0 Å². The fourth-order valence-electron chi connectivity index (χ4n) is 3.41. The van der Waals surface area contributed by atoms with Crippen molar-refractivity contribution in [3.05, 3.63) is 59.2 Å². The Morgan fingerprint density at radius 3 is 2.38 bits per heavy atom. The van der Waals surface area contributed by atoms with Gasteiger partial charge in [0, 0.05) is 36.5 Å². The SMILES string of the molecule is O=C(Nc1ccc(C(=O)Nc2nc(N3CCCCC3)n[nH]2)c(O)c1)c1cc(F)cc(F)c1. The van der Waals surface area contributed by atoms with Crippen LogP contribution in [0.3, 0.4) is 0 Å². The van der Waals surface area contributed by atoms with Crippen molar-refractivity contribution < 1.29 is 23.5 Å². The second kappa shape index (κ2) is 9.00. The molecule has 4 N–H and O–H groups in total. The van der Waals surface area contributed by atoms with Crippen LogP contribution in [0.5, 0.6) is 5.75 Å². The number of aromatic hydroxyl groups is 1. The monoisotopic (exact) mass is 442 g/mol. The van der Waals surface area contributed by atoms with Crippen molar-refractivity contribution in [2.75, 3.05) is 28.6 Å². The summed E-state index contributed by atoms with van der Waals surface area (Å²) in [5, 5.41) is 21.9. The first kappa shape index (κ1) is 21.2. The predicted octanol–water partition coefficient (Wildman–Crippen LogP) is 3.28. The van der Waals surface area contributed by atoms with Crippen LogP contribution in [0.2, 0.25) is 0 Å². The largest absolute Gasteiger partial charge is 0.507 e. The number of nitrogens with zero attached hydrogens (tertiary/aromatic N) is 3. The van der Waals surface area contributed by atoms with Crippen LogP contribution in [-0.4, -0.2) is 45.2 Å². The third-order valence-electron chi connectivity index (χ3n) is 4.97. The number of amides is 2. The van der Waals surface area contributed by atoms with Gasteiger partial charge >= 0.3 is 0 Å². The maximum atomic E-state index is 13.3. The lowest BCUT2D eigenvalue weighted by atomic mass is 10.1. The summed E-state index contributed by atoms with van der Waals surface area (Å²) in [6.45, 7) is 1.70. The standard InChI is InChI=1S/C21H20F2N6O3/c22-13-8-12(9-14(23)10-13)18(31)24-15-4-5-16(17(30)11-15)19(32)25-20-26-21(28-27-20)29-6-2-1-3-7-29/h4-5,8-11,30H,1-3,6-7H2,(H,24,31)(H2,25,26,27,28,32). The molecule has 0 spiro atoms. The Morgan fingerprint density at radius 1 is 0.969 bits per heavy atom. The van der Waals surface area contributed by atoms with Gasteiger partial charge in [0.1, 0.15) is 17.4 Å². The maximum absolute atomic E-state index is 13.3. The number of hydrogen-bond donors (Lipinski definition) is 4. The Kier molecular flexibility index (Phi) is 5.97. The molecule has 0 atom stereocenters. The summed E-state index contributed by atoms with van der Waals surface area (Å²) in [5.74, 6) is -2.94. The first-order chi connectivity index (χ1) is 15.4. The van der Waals surface area contributed by atoms with Gasteiger partial charge < -0.3 is 15.3 Å². The molecule has 2 amide bonds. The van der Waals surface area contributed by atoms with Crippen molar-refractivity contribution >= 4 is 29.4 Å². The lowest BCUT2D eigenvalue weighted by Gasteiger charge is -2.24. The minimum absolute atomic E-state index is 0.0595. The molecule has 32 heavy (non-hydrogen) atoms. The molecular formula is C21H20F2N6O3. The van der Waals surface area contributed by atoms with Crippen molar-refractivity contribution in [2.45, 2.75) is 19.3 Å². The number of carbonyl (C=O) groups is 2. The van der Waals surface area contributed by atoms with Gasteiger partial charge in [-0.2, -0.15) is 4.98 Å². The second-order valence-corrected chi connectivity index (χ2v) is 7.33. The summed E-state index contributed by atoms with van der Waals surface area (Å²) in [6.07, 6.45) is 3.28. The zero-order valence-electron chi connectivity index (χ0n) is 16.9. The molecule has 0 saturated carbocycles. The summed E-state index contributed by atoms with van der Waals surface area (Å²) >= 11 is 0. The topological polar surface area (TPSA) is 123 Å². The van der Waals surface area contributed by atoms with Crippen molar-refractivity contribution in [1.82, 2.24) is 15.2 Å². The zero-order chi connectivity index (χ0) is 22.7. The van der Waals surface area contributed by atoms with E-state index in [1.54, 1.807) is 0 Å². The molecule has 1 aliphatic heterocycles. The quantitative estimate of drug-likeness (QED) is 0.481. The van der Waals surface area contributed by atoms with Gasteiger partial charge in [0.05, 0.1) is 5.56 Å². The molecule has 1 aromatic heterocycles. The number of anilines is 3. The third kappa shape index (κ3) is 4.82. The highest BCUT2D eigenvalue weighted by atomic mass is 19.1. The van der Waals surface area contributed by atoms with E-state index in [-0.39, 0.29) is 22.8 Å². The maximum Gasteiger partial charge on any atom is 0.261 e. The van der Waals surface area contributed by atoms with Crippen LogP contribution < -0.4 is 15.5 Å². The van der Waals surface area contributed by atoms with Gasteiger partial charge in [-0.15, -0.1) is 5.10 Å². The number of aromatic nitrogens is 3. The predicted molar refractivity (Wildman–Crippen MR) is 113 cm³/mol. The number of hydrogen-bond acceptors (Lipinski definition) is 6. The highest BCUT2D eigenvalue weighted by molar-refractivity contribution is 6.07. The van der Waals surface area contributed by atoms with Crippen molar-refractivity contribution in [2.24, 2.45) is 0 Å². The summed E-state index contributed by atoms with van der Waals surface area (Å²) in [7, 11) is 0. The lowest BCUT2D eigenvalue weighted by molar-refractivity contribution is 0.101. The van der Waals surface area contributed by atoms with Crippen LogP contribution in [0.25, 0.3) is 0 Å². The van der Waals surface area contributed by atoms with E-state index < -0.39 is 29.2 Å². The van der Waals surface area contributed by atoms with E-state index in [0.717, 1.165) is 44.1 Å². The van der Waals surface area contributed by atoms with Gasteiger partial charge in [-0.25, -0.2) is 13.9 Å². The molecule has 1 saturated heterocycles. The van der Waals surface area contributed by atoms with Crippen LogP contribution in [0, 0.1) is 11.6 Å². The van der Waals surface area contributed by atoms with E-state index in [0.29, 0.717) is 12.0 Å². The minimum Gasteiger partial charge on any atom is -0.507 e. The highest BCUT2D eigenvalue weighted by Gasteiger charge is 2.18. The molecule has 1 aliphatic rings. The number of benzene rings is 2. The van der Waals surface area contributed by atoms with Crippen molar-refractivity contribution in [3.63, 3.8) is 0 Å².